The lowest BCUT2D eigenvalue weighted by molar-refractivity contribution is 0.441. The normalized spacial score (nSPS) is 11.8. The number of rotatable bonds is 7. The van der Waals surface area contributed by atoms with Gasteiger partial charge in [0.1, 0.15) is 11.5 Å². The van der Waals surface area contributed by atoms with Crippen LogP contribution in [0, 0.1) is 13.8 Å². The standard InChI is InChI=1S/C25H36O2/c1-7-8-9-10-11-20-15-19(14-18(3)23(20)26)16-21-12-17(2)13-22(24(21)27)25(4,5)6/h12-15,26-27H,7-11,16H2,1-6H3. The second kappa shape index (κ2) is 8.82. The van der Waals surface area contributed by atoms with Gasteiger partial charge in [0.05, 0.1) is 0 Å². The molecule has 2 rings (SSSR count). The minimum atomic E-state index is -0.0971. The van der Waals surface area contributed by atoms with Gasteiger partial charge in [0.25, 0.3) is 0 Å². The summed E-state index contributed by atoms with van der Waals surface area (Å²) < 4.78 is 0. The first-order chi connectivity index (χ1) is 12.6. The number of hydrogen-bond donors (Lipinski definition) is 2. The van der Waals surface area contributed by atoms with Crippen LogP contribution in [0.25, 0.3) is 0 Å². The summed E-state index contributed by atoms with van der Waals surface area (Å²) in [7, 11) is 0. The van der Waals surface area contributed by atoms with Crippen LogP contribution in [0.2, 0.25) is 0 Å². The van der Waals surface area contributed by atoms with Crippen molar-refractivity contribution in [1.82, 2.24) is 0 Å². The van der Waals surface area contributed by atoms with Crippen molar-refractivity contribution in [3.63, 3.8) is 0 Å². The van der Waals surface area contributed by atoms with E-state index in [-0.39, 0.29) is 5.41 Å². The van der Waals surface area contributed by atoms with Gasteiger partial charge in [-0.25, -0.2) is 0 Å². The van der Waals surface area contributed by atoms with E-state index in [0.717, 1.165) is 40.7 Å². The molecule has 0 aromatic heterocycles. The molecule has 0 radical (unpaired) electrons. The lowest BCUT2D eigenvalue weighted by Gasteiger charge is -2.23. The first kappa shape index (κ1) is 21.3. The average Bonchev–Trinajstić information content (AvgIpc) is 2.57. The van der Waals surface area contributed by atoms with E-state index in [2.05, 4.69) is 52.8 Å². The zero-order chi connectivity index (χ0) is 20.2. The maximum Gasteiger partial charge on any atom is 0.122 e. The molecule has 2 nitrogen and oxygen atoms in total. The molecule has 0 amide bonds. The van der Waals surface area contributed by atoms with Gasteiger partial charge >= 0.3 is 0 Å². The molecular weight excluding hydrogens is 332 g/mol. The first-order valence-electron chi connectivity index (χ1n) is 10.3. The van der Waals surface area contributed by atoms with Crippen LogP contribution in [0.1, 0.15) is 86.8 Å². The Bertz CT molecular complexity index is 782. The molecule has 2 aromatic rings. The van der Waals surface area contributed by atoms with Gasteiger partial charge in [-0.15, -0.1) is 0 Å². The van der Waals surface area contributed by atoms with Gasteiger partial charge in [0, 0.05) is 6.42 Å². The third-order valence-corrected chi connectivity index (χ3v) is 5.27. The van der Waals surface area contributed by atoms with Gasteiger partial charge in [-0.05, 0) is 59.9 Å². The number of phenols is 2. The maximum atomic E-state index is 10.9. The molecule has 2 heteroatoms. The van der Waals surface area contributed by atoms with Crippen LogP contribution in [0.4, 0.5) is 0 Å². The smallest absolute Gasteiger partial charge is 0.122 e. The van der Waals surface area contributed by atoms with E-state index in [4.69, 9.17) is 0 Å². The monoisotopic (exact) mass is 368 g/mol. The Kier molecular flexibility index (Phi) is 6.97. The van der Waals surface area contributed by atoms with E-state index in [1.807, 2.05) is 13.0 Å². The third-order valence-electron chi connectivity index (χ3n) is 5.27. The van der Waals surface area contributed by atoms with Gasteiger partial charge in [-0.2, -0.15) is 0 Å². The summed E-state index contributed by atoms with van der Waals surface area (Å²) in [6, 6.07) is 8.32. The van der Waals surface area contributed by atoms with Gasteiger partial charge in [-0.3, -0.25) is 0 Å². The third kappa shape index (κ3) is 5.51. The fourth-order valence-corrected chi connectivity index (χ4v) is 3.75. The number of aromatic hydroxyl groups is 2. The van der Waals surface area contributed by atoms with Crippen LogP contribution in [-0.2, 0) is 18.3 Å². The number of hydrogen-bond acceptors (Lipinski definition) is 2. The molecule has 0 aliphatic rings. The highest BCUT2D eigenvalue weighted by atomic mass is 16.3. The van der Waals surface area contributed by atoms with Crippen molar-refractivity contribution in [2.24, 2.45) is 0 Å². The van der Waals surface area contributed by atoms with Crippen molar-refractivity contribution in [2.75, 3.05) is 0 Å². The molecule has 0 saturated heterocycles. The van der Waals surface area contributed by atoms with Crippen molar-refractivity contribution in [3.05, 3.63) is 57.6 Å². The summed E-state index contributed by atoms with van der Waals surface area (Å²) in [5.74, 6) is 0.836. The molecule has 0 bridgehead atoms. The number of aryl methyl sites for hydroxylation is 3. The molecular formula is C25H36O2. The lowest BCUT2D eigenvalue weighted by atomic mass is 9.83. The van der Waals surface area contributed by atoms with Crippen LogP contribution in [0.5, 0.6) is 11.5 Å². The Labute approximate surface area is 165 Å². The molecule has 0 atom stereocenters. The molecule has 0 heterocycles. The molecule has 2 N–H and O–H groups in total. The van der Waals surface area contributed by atoms with E-state index in [1.54, 1.807) is 0 Å². The minimum Gasteiger partial charge on any atom is -0.507 e. The molecule has 0 spiro atoms. The summed E-state index contributed by atoms with van der Waals surface area (Å²) in [6.45, 7) is 12.6. The highest BCUT2D eigenvalue weighted by Crippen LogP contribution is 2.36. The molecule has 148 valence electrons. The van der Waals surface area contributed by atoms with Crippen LogP contribution in [0.15, 0.2) is 24.3 Å². The minimum absolute atomic E-state index is 0.0971. The summed E-state index contributed by atoms with van der Waals surface area (Å²) in [6.07, 6.45) is 6.36. The zero-order valence-corrected chi connectivity index (χ0v) is 17.9. The van der Waals surface area contributed by atoms with Gasteiger partial charge < -0.3 is 10.2 Å². The van der Waals surface area contributed by atoms with Crippen LogP contribution in [0.3, 0.4) is 0 Å². The fourth-order valence-electron chi connectivity index (χ4n) is 3.75. The Morgan fingerprint density at radius 3 is 2.15 bits per heavy atom. The molecule has 0 aliphatic carbocycles. The van der Waals surface area contributed by atoms with E-state index >= 15 is 0 Å². The summed E-state index contributed by atoms with van der Waals surface area (Å²) in [4.78, 5) is 0. The lowest BCUT2D eigenvalue weighted by Crippen LogP contribution is -2.12. The quantitative estimate of drug-likeness (QED) is 0.532. The van der Waals surface area contributed by atoms with Crippen LogP contribution >= 0.6 is 0 Å². The molecule has 2 aromatic carbocycles. The summed E-state index contributed by atoms with van der Waals surface area (Å²) >= 11 is 0. The van der Waals surface area contributed by atoms with Gasteiger partial charge in [0.2, 0.25) is 0 Å². The van der Waals surface area contributed by atoms with Crippen molar-refractivity contribution < 1.29 is 10.2 Å². The second-order valence-electron chi connectivity index (χ2n) is 8.98. The van der Waals surface area contributed by atoms with Crippen LogP contribution < -0.4 is 0 Å². The SMILES string of the molecule is CCCCCCc1cc(Cc2cc(C)cc(C(C)(C)C)c2O)cc(C)c1O. The molecule has 27 heavy (non-hydrogen) atoms. The second-order valence-corrected chi connectivity index (χ2v) is 8.98. The maximum absolute atomic E-state index is 10.9. The van der Waals surface area contributed by atoms with Crippen LogP contribution in [-0.4, -0.2) is 10.2 Å². The number of unbranched alkanes of at least 4 members (excludes halogenated alkanes) is 3. The van der Waals surface area contributed by atoms with Gasteiger partial charge in [0.15, 0.2) is 0 Å². The van der Waals surface area contributed by atoms with Crippen molar-refractivity contribution in [3.8, 4) is 11.5 Å². The summed E-state index contributed by atoms with van der Waals surface area (Å²) in [5.41, 5.74) is 6.12. The Hall–Kier alpha value is -1.96. The average molecular weight is 369 g/mol. The van der Waals surface area contributed by atoms with E-state index in [9.17, 15) is 10.2 Å². The van der Waals surface area contributed by atoms with Gasteiger partial charge in [-0.1, -0.05) is 76.8 Å². The highest BCUT2D eigenvalue weighted by molar-refractivity contribution is 5.50. The zero-order valence-electron chi connectivity index (χ0n) is 17.9. The van der Waals surface area contributed by atoms with E-state index in [1.165, 1.54) is 24.8 Å². The predicted octanol–water partition coefficient (Wildman–Crippen LogP) is 6.73. The Balaban J connectivity index is 2.32. The van der Waals surface area contributed by atoms with Crippen molar-refractivity contribution >= 4 is 0 Å². The van der Waals surface area contributed by atoms with Crippen molar-refractivity contribution in [2.45, 2.75) is 85.5 Å². The Morgan fingerprint density at radius 1 is 0.815 bits per heavy atom. The van der Waals surface area contributed by atoms with E-state index in [0.29, 0.717) is 17.9 Å². The highest BCUT2D eigenvalue weighted by Gasteiger charge is 2.21. The fraction of sp³-hybridized carbons (Fsp3) is 0.520. The first-order valence-corrected chi connectivity index (χ1v) is 10.3. The summed E-state index contributed by atoms with van der Waals surface area (Å²) in [5, 5.41) is 21.3. The largest absolute Gasteiger partial charge is 0.507 e. The van der Waals surface area contributed by atoms with Crippen molar-refractivity contribution in [1.29, 1.82) is 0 Å². The number of phenolic OH excluding ortho intramolecular Hbond substituents is 2. The Morgan fingerprint density at radius 2 is 1.52 bits per heavy atom. The topological polar surface area (TPSA) is 40.5 Å². The molecule has 0 unspecified atom stereocenters. The molecule has 0 aliphatic heterocycles. The number of benzene rings is 2. The molecule has 0 saturated carbocycles. The van der Waals surface area contributed by atoms with E-state index < -0.39 is 0 Å². The predicted molar refractivity (Wildman–Crippen MR) is 115 cm³/mol. The molecule has 0 fully saturated rings.